The highest BCUT2D eigenvalue weighted by atomic mass is 32.1. The van der Waals surface area contributed by atoms with E-state index in [4.69, 9.17) is 12.2 Å². The van der Waals surface area contributed by atoms with Gasteiger partial charge in [-0.25, -0.2) is 0 Å². The normalized spacial score (nSPS) is 10.7. The van der Waals surface area contributed by atoms with E-state index in [9.17, 15) is 0 Å². The van der Waals surface area contributed by atoms with E-state index in [1.165, 1.54) is 11.1 Å². The number of H-pyrrole nitrogens is 1. The fourth-order valence-corrected chi connectivity index (χ4v) is 2.58. The summed E-state index contributed by atoms with van der Waals surface area (Å²) in [6.45, 7) is 4.20. The monoisotopic (exact) mass is 280 g/mol. The number of nitrogens with zero attached hydrogens (tertiary/aromatic N) is 1. The van der Waals surface area contributed by atoms with Crippen LogP contribution in [0, 0.1) is 18.6 Å². The van der Waals surface area contributed by atoms with Crippen LogP contribution in [-0.2, 0) is 0 Å². The Morgan fingerprint density at radius 3 is 2.50 bits per heavy atom. The molecule has 100 valence electrons. The lowest BCUT2D eigenvalue weighted by Crippen LogP contribution is -1.96. The van der Waals surface area contributed by atoms with Crippen LogP contribution in [0.25, 0.3) is 16.9 Å². The third kappa shape index (κ3) is 2.32. The zero-order chi connectivity index (χ0) is 14.1. The number of aryl methyl sites for hydroxylation is 2. The molecule has 1 N–H and O–H groups in total. The lowest BCUT2D eigenvalue weighted by Gasteiger charge is -2.07. The minimum atomic E-state index is 0.720. The zero-order valence-electron chi connectivity index (χ0n) is 11.6. The van der Waals surface area contributed by atoms with Gasteiger partial charge in [0.05, 0.1) is 11.4 Å². The SMILES string of the molecule is Cc1ccc(C)c(-n2cc(-c3ccccc3)[nH]c2=S)c1. The Labute approximate surface area is 123 Å². The molecule has 20 heavy (non-hydrogen) atoms. The van der Waals surface area contributed by atoms with Gasteiger partial charge in [0, 0.05) is 6.20 Å². The lowest BCUT2D eigenvalue weighted by atomic mass is 10.1. The van der Waals surface area contributed by atoms with Gasteiger partial charge in [-0.1, -0.05) is 42.5 Å². The fourth-order valence-electron chi connectivity index (χ4n) is 2.32. The number of hydrogen-bond donors (Lipinski definition) is 1. The van der Waals surface area contributed by atoms with E-state index in [0.717, 1.165) is 21.7 Å². The molecule has 0 aliphatic heterocycles. The van der Waals surface area contributed by atoms with Crippen molar-refractivity contribution in [3.05, 3.63) is 70.6 Å². The first-order valence-corrected chi connectivity index (χ1v) is 7.01. The van der Waals surface area contributed by atoms with Crippen molar-refractivity contribution in [2.24, 2.45) is 0 Å². The van der Waals surface area contributed by atoms with Gasteiger partial charge in [-0.15, -0.1) is 0 Å². The first-order valence-electron chi connectivity index (χ1n) is 6.60. The first kappa shape index (κ1) is 12.9. The van der Waals surface area contributed by atoms with Gasteiger partial charge in [-0.05, 0) is 48.8 Å². The van der Waals surface area contributed by atoms with Crippen LogP contribution in [-0.4, -0.2) is 9.55 Å². The summed E-state index contributed by atoms with van der Waals surface area (Å²) in [6, 6.07) is 16.6. The summed E-state index contributed by atoms with van der Waals surface area (Å²) < 4.78 is 2.76. The predicted octanol–water partition coefficient (Wildman–Crippen LogP) is 4.82. The maximum atomic E-state index is 5.47. The van der Waals surface area contributed by atoms with E-state index in [-0.39, 0.29) is 0 Å². The summed E-state index contributed by atoms with van der Waals surface area (Å²) in [4.78, 5) is 3.28. The van der Waals surface area contributed by atoms with E-state index >= 15 is 0 Å². The molecule has 0 radical (unpaired) electrons. The van der Waals surface area contributed by atoms with Gasteiger partial charge < -0.3 is 4.98 Å². The number of rotatable bonds is 2. The number of nitrogens with one attached hydrogen (secondary N) is 1. The highest BCUT2D eigenvalue weighted by Gasteiger charge is 2.07. The standard InChI is InChI=1S/C17H16N2S/c1-12-8-9-13(2)16(10-12)19-11-15(18-17(19)20)14-6-4-3-5-7-14/h3-11H,1-2H3,(H,18,20). The topological polar surface area (TPSA) is 20.7 Å². The smallest absolute Gasteiger partial charge is 0.182 e. The third-order valence-electron chi connectivity index (χ3n) is 3.43. The molecule has 0 bridgehead atoms. The van der Waals surface area contributed by atoms with Gasteiger partial charge in [-0.3, -0.25) is 4.57 Å². The van der Waals surface area contributed by atoms with Crippen molar-refractivity contribution in [1.29, 1.82) is 0 Å². The predicted molar refractivity (Wildman–Crippen MR) is 85.9 cm³/mol. The minimum Gasteiger partial charge on any atom is -0.330 e. The average Bonchev–Trinajstić information content (AvgIpc) is 2.84. The Kier molecular flexibility index (Phi) is 3.28. The van der Waals surface area contributed by atoms with Crippen molar-refractivity contribution in [2.45, 2.75) is 13.8 Å². The zero-order valence-corrected chi connectivity index (χ0v) is 12.4. The number of aromatic amines is 1. The Balaban J connectivity index is 2.15. The summed E-state index contributed by atoms with van der Waals surface area (Å²) in [6.07, 6.45) is 2.07. The molecule has 1 heterocycles. The van der Waals surface area contributed by atoms with Crippen molar-refractivity contribution in [3.8, 4) is 16.9 Å². The molecule has 0 aliphatic rings. The molecule has 0 amide bonds. The van der Waals surface area contributed by atoms with Crippen LogP contribution in [0.15, 0.2) is 54.7 Å². The number of hydrogen-bond acceptors (Lipinski definition) is 1. The number of benzene rings is 2. The second-order valence-corrected chi connectivity index (χ2v) is 5.39. The number of imidazole rings is 1. The van der Waals surface area contributed by atoms with Crippen molar-refractivity contribution in [2.75, 3.05) is 0 Å². The van der Waals surface area contributed by atoms with Gasteiger partial charge in [-0.2, -0.15) is 0 Å². The van der Waals surface area contributed by atoms with Gasteiger partial charge in [0.25, 0.3) is 0 Å². The maximum absolute atomic E-state index is 5.47. The van der Waals surface area contributed by atoms with E-state index in [1.807, 2.05) is 22.8 Å². The molecule has 3 rings (SSSR count). The molecule has 0 saturated carbocycles. The molecule has 0 aliphatic carbocycles. The van der Waals surface area contributed by atoms with Gasteiger partial charge in [0.2, 0.25) is 0 Å². The quantitative estimate of drug-likeness (QED) is 0.667. The molecule has 2 aromatic carbocycles. The molecule has 0 saturated heterocycles. The summed E-state index contributed by atoms with van der Waals surface area (Å²) in [5.74, 6) is 0. The van der Waals surface area contributed by atoms with Crippen molar-refractivity contribution in [1.82, 2.24) is 9.55 Å². The van der Waals surface area contributed by atoms with E-state index < -0.39 is 0 Å². The van der Waals surface area contributed by atoms with Crippen molar-refractivity contribution < 1.29 is 0 Å². The van der Waals surface area contributed by atoms with Crippen LogP contribution in [0.1, 0.15) is 11.1 Å². The molecular formula is C17H16N2S. The largest absolute Gasteiger partial charge is 0.330 e. The van der Waals surface area contributed by atoms with Crippen molar-refractivity contribution >= 4 is 12.2 Å². The highest BCUT2D eigenvalue weighted by molar-refractivity contribution is 7.71. The Hall–Kier alpha value is -2.13. The maximum Gasteiger partial charge on any atom is 0.182 e. The molecule has 2 nitrogen and oxygen atoms in total. The van der Waals surface area contributed by atoms with E-state index in [1.54, 1.807) is 0 Å². The van der Waals surface area contributed by atoms with Crippen LogP contribution < -0.4 is 0 Å². The van der Waals surface area contributed by atoms with Crippen LogP contribution in [0.2, 0.25) is 0 Å². The number of aromatic nitrogens is 2. The Bertz CT molecular complexity index is 797. The highest BCUT2D eigenvalue weighted by Crippen LogP contribution is 2.22. The molecular weight excluding hydrogens is 264 g/mol. The second kappa shape index (κ2) is 5.10. The molecule has 0 unspecified atom stereocenters. The van der Waals surface area contributed by atoms with Gasteiger partial charge in [0.15, 0.2) is 4.77 Å². The van der Waals surface area contributed by atoms with Gasteiger partial charge >= 0.3 is 0 Å². The summed E-state index contributed by atoms with van der Waals surface area (Å²) in [7, 11) is 0. The summed E-state index contributed by atoms with van der Waals surface area (Å²) in [5, 5.41) is 0. The minimum absolute atomic E-state index is 0.720. The summed E-state index contributed by atoms with van der Waals surface area (Å²) in [5.41, 5.74) is 5.76. The first-order chi connectivity index (χ1) is 9.65. The Morgan fingerprint density at radius 1 is 1.00 bits per heavy atom. The lowest BCUT2D eigenvalue weighted by molar-refractivity contribution is 1.01. The van der Waals surface area contributed by atoms with Crippen molar-refractivity contribution in [3.63, 3.8) is 0 Å². The van der Waals surface area contributed by atoms with Crippen LogP contribution in [0.5, 0.6) is 0 Å². The molecule has 3 heteroatoms. The molecule has 0 atom stereocenters. The van der Waals surface area contributed by atoms with Crippen LogP contribution in [0.3, 0.4) is 0 Å². The molecule has 1 aromatic heterocycles. The van der Waals surface area contributed by atoms with E-state index in [0.29, 0.717) is 0 Å². The van der Waals surface area contributed by atoms with Crippen LogP contribution >= 0.6 is 12.2 Å². The Morgan fingerprint density at radius 2 is 1.75 bits per heavy atom. The average molecular weight is 280 g/mol. The van der Waals surface area contributed by atoms with Crippen LogP contribution in [0.4, 0.5) is 0 Å². The summed E-state index contributed by atoms with van der Waals surface area (Å²) >= 11 is 5.47. The second-order valence-electron chi connectivity index (χ2n) is 5.00. The molecule has 0 fully saturated rings. The third-order valence-corrected chi connectivity index (χ3v) is 3.73. The van der Waals surface area contributed by atoms with E-state index in [2.05, 4.69) is 55.4 Å². The molecule has 3 aromatic rings. The fraction of sp³-hybridized carbons (Fsp3) is 0.118. The molecule has 0 spiro atoms. The van der Waals surface area contributed by atoms with Gasteiger partial charge in [0.1, 0.15) is 0 Å².